The first-order chi connectivity index (χ1) is 16.8. The van der Waals surface area contributed by atoms with Crippen LogP contribution in [0.3, 0.4) is 0 Å². The maximum absolute atomic E-state index is 11.5. The lowest BCUT2D eigenvalue weighted by molar-refractivity contribution is -0.300. The molecule has 2 aromatic carbocycles. The Morgan fingerprint density at radius 2 is 1.91 bits per heavy atom. The molecule has 8 rings (SSSR count). The molecular formula is C30H37NO4. The zero-order chi connectivity index (χ0) is 24.2. The van der Waals surface area contributed by atoms with Crippen molar-refractivity contribution in [1.29, 1.82) is 0 Å². The highest BCUT2D eigenvalue weighted by atomic mass is 16.6. The van der Waals surface area contributed by atoms with Crippen molar-refractivity contribution < 1.29 is 19.7 Å². The number of ether oxygens (including phenoxy) is 2. The number of hydrogen-bond donors (Lipinski definition) is 2. The molecule has 5 nitrogen and oxygen atoms in total. The lowest BCUT2D eigenvalue weighted by atomic mass is 9.34. The topological polar surface area (TPSA) is 62.2 Å². The Bertz CT molecular complexity index is 1170. The van der Waals surface area contributed by atoms with Gasteiger partial charge in [0.2, 0.25) is 0 Å². The molecule has 2 N–H and O–H groups in total. The van der Waals surface area contributed by atoms with Gasteiger partial charge in [-0.3, -0.25) is 4.90 Å². The molecule has 1 saturated heterocycles. The van der Waals surface area contributed by atoms with Crippen LogP contribution in [0.25, 0.3) is 0 Å². The maximum Gasteiger partial charge on any atom is 0.165 e. The SMILES string of the molecule is CO[C@]12CC[C@@]3(C[C@@H]1C(C)(C)O)[C@H]1Cc4ccc(O)c5c4[C@@]3(CCN1CCc1ccccc1)[C@H]2O5. The number of phenols is 1. The molecule has 0 amide bonds. The van der Waals surface area contributed by atoms with Crippen molar-refractivity contribution in [2.24, 2.45) is 11.3 Å². The van der Waals surface area contributed by atoms with Crippen LogP contribution in [0.5, 0.6) is 11.5 Å². The van der Waals surface area contributed by atoms with Crippen molar-refractivity contribution in [3.05, 3.63) is 59.2 Å². The molecular weight excluding hydrogens is 438 g/mol. The number of rotatable bonds is 5. The fourth-order valence-electron chi connectivity index (χ4n) is 9.57. The lowest BCUT2D eigenvalue weighted by Gasteiger charge is -2.74. The van der Waals surface area contributed by atoms with Gasteiger partial charge < -0.3 is 19.7 Å². The first kappa shape index (κ1) is 22.1. The molecule has 4 fully saturated rings. The van der Waals surface area contributed by atoms with Gasteiger partial charge >= 0.3 is 0 Å². The Morgan fingerprint density at radius 3 is 2.66 bits per heavy atom. The Hall–Kier alpha value is -2.08. The standard InChI is InChI=1S/C30H37NO4/c1-27(2,33)22-18-28-12-13-30(22,34-3)26-29(28)14-16-31(15-11-19-7-5-4-6-8-19)23(28)17-20-9-10-21(32)25(35-26)24(20)29/h4-10,22-23,26,32-33H,11-18H2,1-3H3/t22-,23-,26-,28-,29+,30-/m1/s1. The molecule has 2 spiro atoms. The van der Waals surface area contributed by atoms with Crippen molar-refractivity contribution in [2.75, 3.05) is 20.2 Å². The van der Waals surface area contributed by atoms with Crippen molar-refractivity contribution in [3.8, 4) is 11.5 Å². The molecule has 6 aliphatic rings. The van der Waals surface area contributed by atoms with E-state index in [0.717, 1.165) is 51.6 Å². The molecule has 4 aliphatic carbocycles. The molecule has 3 saturated carbocycles. The first-order valence-electron chi connectivity index (χ1n) is 13.3. The minimum Gasteiger partial charge on any atom is -0.504 e. The lowest BCUT2D eigenvalue weighted by Crippen LogP contribution is -2.82. The predicted molar refractivity (Wildman–Crippen MR) is 134 cm³/mol. The van der Waals surface area contributed by atoms with Crippen molar-refractivity contribution in [2.45, 2.75) is 81.1 Å². The van der Waals surface area contributed by atoms with Crippen LogP contribution in [-0.2, 0) is 23.0 Å². The number of fused-ring (bicyclic) bond motifs is 2. The molecule has 6 atom stereocenters. The molecule has 2 aliphatic heterocycles. The van der Waals surface area contributed by atoms with E-state index < -0.39 is 11.2 Å². The number of nitrogens with zero attached hydrogens (tertiary/aromatic N) is 1. The molecule has 186 valence electrons. The summed E-state index contributed by atoms with van der Waals surface area (Å²) in [6.45, 7) is 5.96. The van der Waals surface area contributed by atoms with E-state index in [1.165, 1.54) is 16.7 Å². The number of methoxy groups -OCH3 is 1. The van der Waals surface area contributed by atoms with E-state index in [4.69, 9.17) is 9.47 Å². The van der Waals surface area contributed by atoms with Crippen molar-refractivity contribution in [3.63, 3.8) is 0 Å². The van der Waals surface area contributed by atoms with Gasteiger partial charge in [0.1, 0.15) is 11.7 Å². The molecule has 35 heavy (non-hydrogen) atoms. The second-order valence-corrected chi connectivity index (χ2v) is 12.4. The van der Waals surface area contributed by atoms with Crippen LogP contribution >= 0.6 is 0 Å². The van der Waals surface area contributed by atoms with Crippen LogP contribution in [0, 0.1) is 11.3 Å². The second-order valence-electron chi connectivity index (χ2n) is 12.4. The van der Waals surface area contributed by atoms with E-state index in [1.807, 2.05) is 19.9 Å². The molecule has 2 heterocycles. The molecule has 2 aromatic rings. The Morgan fingerprint density at radius 1 is 1.11 bits per heavy atom. The van der Waals surface area contributed by atoms with Gasteiger partial charge in [0.15, 0.2) is 11.5 Å². The average molecular weight is 476 g/mol. The highest BCUT2D eigenvalue weighted by molar-refractivity contribution is 5.63. The fraction of sp³-hybridized carbons (Fsp3) is 0.600. The number of benzene rings is 2. The molecule has 5 heteroatoms. The number of hydrogen-bond acceptors (Lipinski definition) is 5. The van der Waals surface area contributed by atoms with Gasteiger partial charge in [-0.15, -0.1) is 0 Å². The fourth-order valence-corrected chi connectivity index (χ4v) is 9.57. The summed E-state index contributed by atoms with van der Waals surface area (Å²) in [5, 5.41) is 22.4. The first-order valence-corrected chi connectivity index (χ1v) is 13.3. The summed E-state index contributed by atoms with van der Waals surface area (Å²) in [4.78, 5) is 2.75. The van der Waals surface area contributed by atoms with Gasteiger partial charge in [-0.05, 0) is 76.1 Å². The second kappa shape index (κ2) is 7.02. The molecule has 0 radical (unpaired) electrons. The van der Waals surface area contributed by atoms with Gasteiger partial charge in [-0.25, -0.2) is 0 Å². The minimum atomic E-state index is -0.880. The predicted octanol–water partition coefficient (Wildman–Crippen LogP) is 4.22. The maximum atomic E-state index is 11.5. The van der Waals surface area contributed by atoms with E-state index in [1.54, 1.807) is 7.11 Å². The van der Waals surface area contributed by atoms with Crippen LogP contribution in [-0.4, -0.2) is 58.7 Å². The van der Waals surface area contributed by atoms with Crippen molar-refractivity contribution >= 4 is 0 Å². The van der Waals surface area contributed by atoms with Crippen LogP contribution in [0.1, 0.15) is 56.2 Å². The van der Waals surface area contributed by atoms with Crippen LogP contribution in [0.4, 0.5) is 0 Å². The molecule has 4 bridgehead atoms. The van der Waals surface area contributed by atoms with E-state index in [-0.39, 0.29) is 28.6 Å². The van der Waals surface area contributed by atoms with Gasteiger partial charge in [0, 0.05) is 42.0 Å². The highest BCUT2D eigenvalue weighted by Crippen LogP contribution is 2.77. The van der Waals surface area contributed by atoms with Crippen LogP contribution in [0.15, 0.2) is 42.5 Å². The summed E-state index contributed by atoms with van der Waals surface area (Å²) in [6.07, 6.45) is 5.76. The average Bonchev–Trinajstić information content (AvgIpc) is 3.22. The summed E-state index contributed by atoms with van der Waals surface area (Å²) in [6, 6.07) is 15.2. The summed E-state index contributed by atoms with van der Waals surface area (Å²) < 4.78 is 13.3. The van der Waals surface area contributed by atoms with Crippen LogP contribution < -0.4 is 4.74 Å². The Labute approximate surface area is 208 Å². The van der Waals surface area contributed by atoms with Crippen molar-refractivity contribution in [1.82, 2.24) is 4.90 Å². The monoisotopic (exact) mass is 475 g/mol. The number of phenolic OH excluding ortho intramolecular Hbond substituents is 1. The number of aromatic hydroxyl groups is 1. The Kier molecular flexibility index (Phi) is 4.44. The van der Waals surface area contributed by atoms with Gasteiger partial charge in [0.05, 0.1) is 5.60 Å². The van der Waals surface area contributed by atoms with E-state index in [0.29, 0.717) is 11.8 Å². The largest absolute Gasteiger partial charge is 0.504 e. The number of aliphatic hydroxyl groups is 1. The van der Waals surface area contributed by atoms with E-state index in [9.17, 15) is 10.2 Å². The third-order valence-corrected chi connectivity index (χ3v) is 10.9. The van der Waals surface area contributed by atoms with E-state index in [2.05, 4.69) is 41.3 Å². The smallest absolute Gasteiger partial charge is 0.165 e. The summed E-state index contributed by atoms with van der Waals surface area (Å²) in [5.41, 5.74) is 2.37. The van der Waals surface area contributed by atoms with Crippen LogP contribution in [0.2, 0.25) is 0 Å². The third kappa shape index (κ3) is 2.55. The quantitative estimate of drug-likeness (QED) is 0.678. The van der Waals surface area contributed by atoms with Gasteiger partial charge in [-0.2, -0.15) is 0 Å². The normalized spacial score (nSPS) is 38.8. The zero-order valence-electron chi connectivity index (χ0n) is 21.1. The highest BCUT2D eigenvalue weighted by Gasteiger charge is 2.81. The number of piperidine rings is 1. The Balaban J connectivity index is 1.39. The summed E-state index contributed by atoms with van der Waals surface area (Å²) >= 11 is 0. The zero-order valence-corrected chi connectivity index (χ0v) is 21.1. The minimum absolute atomic E-state index is 0.00357. The van der Waals surface area contributed by atoms with E-state index >= 15 is 0 Å². The van der Waals surface area contributed by atoms with Gasteiger partial charge in [0.25, 0.3) is 0 Å². The number of likely N-dealkylation sites (tertiary alicyclic amines) is 1. The molecule has 0 unspecified atom stereocenters. The van der Waals surface area contributed by atoms with Gasteiger partial charge in [-0.1, -0.05) is 36.4 Å². The summed E-state index contributed by atoms with van der Waals surface area (Å²) in [7, 11) is 1.80. The molecule has 0 aromatic heterocycles. The third-order valence-electron chi connectivity index (χ3n) is 10.9. The summed E-state index contributed by atoms with van der Waals surface area (Å²) in [5.74, 6) is 0.910.